The van der Waals surface area contributed by atoms with Crippen molar-refractivity contribution in [1.82, 2.24) is 36.8 Å². The van der Waals surface area contributed by atoms with Crippen LogP contribution in [-0.4, -0.2) is 149 Å². The van der Waals surface area contributed by atoms with Crippen molar-refractivity contribution in [1.29, 1.82) is 0 Å². The molecule has 0 saturated carbocycles. The summed E-state index contributed by atoms with van der Waals surface area (Å²) in [7, 11) is 2.85. The summed E-state index contributed by atoms with van der Waals surface area (Å²) in [4.78, 5) is 128. The molecule has 7 amide bonds. The first kappa shape index (κ1) is 63.4. The first-order chi connectivity index (χ1) is 34.8. The summed E-state index contributed by atoms with van der Waals surface area (Å²) in [6.45, 7) is 13.7. The van der Waals surface area contributed by atoms with Gasteiger partial charge in [0.25, 0.3) is 5.91 Å². The first-order valence-corrected chi connectivity index (χ1v) is 25.9. The highest BCUT2D eigenvalue weighted by Crippen LogP contribution is 2.19. The molecule has 2 rings (SSSR count). The van der Waals surface area contributed by atoms with E-state index in [-0.39, 0.29) is 56.1 Å². The number of carbonyl (C=O) groups excluding carboxylic acids is 7. The van der Waals surface area contributed by atoms with Crippen LogP contribution in [0.15, 0.2) is 71.4 Å². The number of nitrogens with two attached hydrogens (primary N) is 2. The molecular weight excluding hydrogens is 977 g/mol. The number of aliphatic carboxylic acids is 2. The number of hydrogen-bond acceptors (Lipinski definition) is 12. The number of carboxylic acids is 2. The van der Waals surface area contributed by atoms with Crippen LogP contribution in [-0.2, 0) is 54.3 Å². The molecule has 12 N–H and O–H groups in total. The normalized spacial score (nSPS) is 24.8. The summed E-state index contributed by atoms with van der Waals surface area (Å²) in [5.41, 5.74) is 12.4. The number of nitrogens with zero attached hydrogens (tertiary/aromatic N) is 2. The van der Waals surface area contributed by atoms with Gasteiger partial charge in [-0.2, -0.15) is 11.8 Å². The fourth-order valence-corrected chi connectivity index (χ4v) is 8.30. The molecule has 0 aromatic heterocycles. The van der Waals surface area contributed by atoms with Gasteiger partial charge in [-0.15, -0.1) is 0 Å². The fourth-order valence-electron chi connectivity index (χ4n) is 7.83. The topological polar surface area (TPSA) is 343 Å². The molecule has 0 aliphatic carbocycles. The van der Waals surface area contributed by atoms with Gasteiger partial charge in [0.15, 0.2) is 5.96 Å². The van der Waals surface area contributed by atoms with E-state index in [1.807, 2.05) is 43.3 Å². The smallest absolute Gasteiger partial charge is 0.327 e. The molecule has 1 heterocycles. The second-order valence-electron chi connectivity index (χ2n) is 18.9. The molecule has 0 bridgehead atoms. The number of carbonyl (C=O) groups is 9. The van der Waals surface area contributed by atoms with Crippen molar-refractivity contribution >= 4 is 71.0 Å². The quantitative estimate of drug-likeness (QED) is 0.0326. The Labute approximate surface area is 438 Å². The number of carboxylic acid groups (broad SMARTS) is 2. The van der Waals surface area contributed by atoms with Crippen molar-refractivity contribution in [2.24, 2.45) is 40.1 Å². The standard InChI is InChI=1S/C51H78N10O12S/c1-28(2)25-39-48(68)60-42(50(71)72)32(6)44(64)56-36(17-14-23-54-51(52)53)46(66)55-35(19-18-29(3)26-30(4)40(73-9)27-34-15-12-11-13-16-34)31(5)43(63)58-38(49(69)70)20-21-41(62)61(8)33(7)45(65)57-37(22-24-74-10)47(67)59-39/h11-13,15-16,18-19,26,28,30-32,35-40,42H,7,14,17,20-25,27H2,1-6,8-10H3,(H,55,66)(H,56,64)(H,57,65)(H,58,63)(H,59,67)(H,60,68)(H,69,70)(H,71,72)(H4,52,53,54). The van der Waals surface area contributed by atoms with Crippen LogP contribution in [0.2, 0.25) is 0 Å². The van der Waals surface area contributed by atoms with E-state index in [2.05, 4.69) is 43.5 Å². The second kappa shape index (κ2) is 31.8. The van der Waals surface area contributed by atoms with Gasteiger partial charge in [0.05, 0.1) is 24.0 Å². The third-order valence-electron chi connectivity index (χ3n) is 12.5. The van der Waals surface area contributed by atoms with Crippen LogP contribution in [0.5, 0.6) is 0 Å². The monoisotopic (exact) mass is 1050 g/mol. The number of methoxy groups -OCH3 is 1. The Bertz CT molecular complexity index is 2220. The summed E-state index contributed by atoms with van der Waals surface area (Å²) >= 11 is 1.36. The Hall–Kier alpha value is -6.75. The largest absolute Gasteiger partial charge is 0.480 e. The lowest BCUT2D eigenvalue weighted by atomic mass is 9.94. The number of benzene rings is 1. The molecule has 1 saturated heterocycles. The zero-order valence-electron chi connectivity index (χ0n) is 44.0. The van der Waals surface area contributed by atoms with Crippen molar-refractivity contribution in [3.8, 4) is 0 Å². The summed E-state index contributed by atoms with van der Waals surface area (Å²) in [5, 5.41) is 36.0. The number of nitrogens with one attached hydrogen (secondary N) is 6. The minimum atomic E-state index is -1.89. The van der Waals surface area contributed by atoms with E-state index < -0.39 is 120 Å². The van der Waals surface area contributed by atoms with Gasteiger partial charge in [-0.1, -0.05) is 95.3 Å². The lowest BCUT2D eigenvalue weighted by Crippen LogP contribution is -2.59. The zero-order chi connectivity index (χ0) is 55.8. The maximum Gasteiger partial charge on any atom is 0.327 e. The van der Waals surface area contributed by atoms with Gasteiger partial charge in [-0.05, 0) is 68.9 Å². The van der Waals surface area contributed by atoms with Crippen LogP contribution >= 0.6 is 11.8 Å². The number of ether oxygens (including phenoxy) is 1. The molecule has 23 heteroatoms. The third-order valence-corrected chi connectivity index (χ3v) is 13.1. The predicted octanol–water partition coefficient (Wildman–Crippen LogP) is 1.35. The average Bonchev–Trinajstić information content (AvgIpc) is 3.34. The zero-order valence-corrected chi connectivity index (χ0v) is 44.8. The van der Waals surface area contributed by atoms with E-state index >= 15 is 0 Å². The number of thioether (sulfide) groups is 1. The van der Waals surface area contributed by atoms with Crippen LogP contribution < -0.4 is 43.4 Å². The molecule has 10 unspecified atom stereocenters. The van der Waals surface area contributed by atoms with E-state index in [1.165, 1.54) is 38.7 Å². The number of aliphatic imine (C=N–C) groups is 1. The van der Waals surface area contributed by atoms with Crippen molar-refractivity contribution in [3.05, 3.63) is 72.0 Å². The van der Waals surface area contributed by atoms with E-state index in [1.54, 1.807) is 40.2 Å². The summed E-state index contributed by atoms with van der Waals surface area (Å²) < 4.78 is 5.82. The van der Waals surface area contributed by atoms with Crippen molar-refractivity contribution < 1.29 is 58.1 Å². The molecule has 22 nitrogen and oxygen atoms in total. The van der Waals surface area contributed by atoms with Gasteiger partial charge in [0.1, 0.15) is 35.9 Å². The van der Waals surface area contributed by atoms with Gasteiger partial charge in [-0.3, -0.25) is 38.6 Å². The van der Waals surface area contributed by atoms with Crippen LogP contribution in [0.4, 0.5) is 0 Å². The van der Waals surface area contributed by atoms with Crippen molar-refractivity contribution in [2.75, 3.05) is 32.7 Å². The molecular formula is C51H78N10O12S. The highest BCUT2D eigenvalue weighted by molar-refractivity contribution is 7.98. The number of guanidine groups is 1. The molecule has 10 atom stereocenters. The van der Waals surface area contributed by atoms with E-state index in [0.29, 0.717) is 17.7 Å². The Balaban J connectivity index is 2.77. The van der Waals surface area contributed by atoms with Gasteiger partial charge < -0.3 is 63.2 Å². The van der Waals surface area contributed by atoms with Crippen LogP contribution in [0.25, 0.3) is 0 Å². The Morgan fingerprint density at radius 1 is 0.851 bits per heavy atom. The molecule has 1 aromatic carbocycles. The highest BCUT2D eigenvalue weighted by atomic mass is 32.2. The molecule has 74 heavy (non-hydrogen) atoms. The average molecular weight is 1060 g/mol. The molecule has 1 aromatic rings. The number of rotatable bonds is 18. The number of likely N-dealkylation sites (N-methyl/N-ethyl adjacent to an activating group) is 1. The first-order valence-electron chi connectivity index (χ1n) is 24.5. The number of amides is 7. The van der Waals surface area contributed by atoms with Crippen molar-refractivity contribution in [3.63, 3.8) is 0 Å². The molecule has 0 radical (unpaired) electrons. The summed E-state index contributed by atoms with van der Waals surface area (Å²) in [5.74, 6) is -12.1. The number of allylic oxidation sites excluding steroid dienone is 2. The third kappa shape index (κ3) is 21.4. The Morgan fingerprint density at radius 2 is 1.45 bits per heavy atom. The lowest BCUT2D eigenvalue weighted by molar-refractivity contribution is -0.146. The second-order valence-corrected chi connectivity index (χ2v) is 19.9. The minimum absolute atomic E-state index is 0.00861. The van der Waals surface area contributed by atoms with Crippen LogP contribution in [0, 0.1) is 23.7 Å². The molecule has 0 spiro atoms. The number of hydrogen-bond donors (Lipinski definition) is 10. The van der Waals surface area contributed by atoms with E-state index in [0.717, 1.165) is 10.5 Å². The molecule has 1 aliphatic rings. The lowest BCUT2D eigenvalue weighted by Gasteiger charge is -2.29. The maximum absolute atomic E-state index is 14.4. The summed E-state index contributed by atoms with van der Waals surface area (Å²) in [6, 6.07) is 1.04. The Kier molecular flexibility index (Phi) is 27.2. The minimum Gasteiger partial charge on any atom is -0.480 e. The molecule has 410 valence electrons. The van der Waals surface area contributed by atoms with Gasteiger partial charge in [-0.25, -0.2) is 9.59 Å². The predicted molar refractivity (Wildman–Crippen MR) is 282 cm³/mol. The van der Waals surface area contributed by atoms with E-state index in [4.69, 9.17) is 16.2 Å². The summed E-state index contributed by atoms with van der Waals surface area (Å²) in [6.07, 6.45) is 6.48. The van der Waals surface area contributed by atoms with E-state index in [9.17, 15) is 53.4 Å². The fraction of sp³-hybridized carbons (Fsp3) is 0.569. The SMILES string of the molecule is C=C1C(=O)NC(CCSC)C(=O)NC(CC(C)C)C(=O)NC(C(=O)O)C(C)C(=O)NC(CCCN=C(N)N)C(=O)NC(C=CC(C)=CC(C)C(Cc2ccccc2)OC)C(C)C(=O)NC(C(=O)O)CCC(=O)N1C. The van der Waals surface area contributed by atoms with Crippen molar-refractivity contribution in [2.45, 2.75) is 129 Å². The van der Waals surface area contributed by atoms with Gasteiger partial charge >= 0.3 is 11.9 Å². The van der Waals surface area contributed by atoms with Gasteiger partial charge in [0.2, 0.25) is 35.4 Å². The highest BCUT2D eigenvalue weighted by Gasteiger charge is 2.38. The maximum atomic E-state index is 14.4. The van der Waals surface area contributed by atoms with Crippen LogP contribution in [0.1, 0.15) is 85.6 Å². The van der Waals surface area contributed by atoms with Gasteiger partial charge in [0, 0.05) is 33.0 Å². The molecule has 1 aliphatic heterocycles. The van der Waals surface area contributed by atoms with Crippen LogP contribution in [0.3, 0.4) is 0 Å². The Morgan fingerprint density at radius 3 is 2.03 bits per heavy atom. The molecule has 1 fully saturated rings.